The molecule has 0 bridgehead atoms. The number of hydrogen-bond acceptors (Lipinski definition) is 4. The van der Waals surface area contributed by atoms with E-state index in [1.807, 2.05) is 23.1 Å². The molecule has 2 aromatic rings. The highest BCUT2D eigenvalue weighted by Gasteiger charge is 2.18. The Balaban J connectivity index is 2.55. The lowest BCUT2D eigenvalue weighted by Crippen LogP contribution is -2.15. The molecule has 8 heteroatoms. The second-order valence-electron chi connectivity index (χ2n) is 4.52. The van der Waals surface area contributed by atoms with Crippen molar-refractivity contribution in [3.8, 4) is 0 Å². The first kappa shape index (κ1) is 14.3. The van der Waals surface area contributed by atoms with Crippen molar-refractivity contribution in [2.45, 2.75) is 32.8 Å². The SMILES string of the molecule is CCn1nc(C)c2nc(CCl)n(CCS(C)(=O)=O)c21. The van der Waals surface area contributed by atoms with E-state index in [-0.39, 0.29) is 11.6 Å². The van der Waals surface area contributed by atoms with Crippen LogP contribution in [0.4, 0.5) is 0 Å². The van der Waals surface area contributed by atoms with Crippen LogP contribution in [-0.2, 0) is 28.8 Å². The van der Waals surface area contributed by atoms with Crippen LogP contribution < -0.4 is 0 Å². The molecule has 0 radical (unpaired) electrons. The van der Waals surface area contributed by atoms with E-state index in [1.165, 1.54) is 6.26 Å². The quantitative estimate of drug-likeness (QED) is 0.782. The number of alkyl halides is 1. The lowest BCUT2D eigenvalue weighted by atomic mass is 10.4. The van der Waals surface area contributed by atoms with Gasteiger partial charge in [-0.3, -0.25) is 0 Å². The van der Waals surface area contributed by atoms with E-state index in [9.17, 15) is 8.42 Å². The van der Waals surface area contributed by atoms with Crippen molar-refractivity contribution in [2.24, 2.45) is 0 Å². The third kappa shape index (κ3) is 2.76. The van der Waals surface area contributed by atoms with Crippen molar-refractivity contribution >= 4 is 32.6 Å². The van der Waals surface area contributed by atoms with E-state index in [4.69, 9.17) is 11.6 Å². The fourth-order valence-electron chi connectivity index (χ4n) is 2.08. The summed E-state index contributed by atoms with van der Waals surface area (Å²) in [5.41, 5.74) is 2.48. The van der Waals surface area contributed by atoms with Gasteiger partial charge in [-0.15, -0.1) is 11.6 Å². The summed E-state index contributed by atoms with van der Waals surface area (Å²) in [6.07, 6.45) is 1.23. The number of halogens is 1. The standard InChI is InChI=1S/C11H17ClN4O2S/c1-4-16-11-10(8(2)14-16)13-9(7-12)15(11)5-6-19(3,17)18/h4-7H2,1-3H3. The lowest BCUT2D eigenvalue weighted by Gasteiger charge is -2.08. The van der Waals surface area contributed by atoms with E-state index < -0.39 is 9.84 Å². The average Bonchev–Trinajstić information content (AvgIpc) is 2.83. The molecule has 0 N–H and O–H groups in total. The van der Waals surface area contributed by atoms with Crippen LogP contribution in [0.5, 0.6) is 0 Å². The Bertz CT molecular complexity index is 702. The number of fused-ring (bicyclic) bond motifs is 1. The number of nitrogens with zero attached hydrogens (tertiary/aromatic N) is 4. The Morgan fingerprint density at radius 1 is 1.37 bits per heavy atom. The zero-order valence-corrected chi connectivity index (χ0v) is 12.8. The predicted molar refractivity (Wildman–Crippen MR) is 75.2 cm³/mol. The molecule has 0 saturated heterocycles. The van der Waals surface area contributed by atoms with Crippen molar-refractivity contribution in [1.29, 1.82) is 0 Å². The van der Waals surface area contributed by atoms with Crippen LogP contribution >= 0.6 is 11.6 Å². The number of rotatable bonds is 5. The van der Waals surface area contributed by atoms with Gasteiger partial charge in [-0.1, -0.05) is 0 Å². The molecule has 0 unspecified atom stereocenters. The highest BCUT2D eigenvalue weighted by Crippen LogP contribution is 2.21. The van der Waals surface area contributed by atoms with Gasteiger partial charge in [0, 0.05) is 19.3 Å². The smallest absolute Gasteiger partial charge is 0.158 e. The molecule has 19 heavy (non-hydrogen) atoms. The van der Waals surface area contributed by atoms with E-state index >= 15 is 0 Å². The zero-order chi connectivity index (χ0) is 14.2. The summed E-state index contributed by atoms with van der Waals surface area (Å²) in [6.45, 7) is 4.93. The van der Waals surface area contributed by atoms with Gasteiger partial charge in [-0.25, -0.2) is 18.1 Å². The first-order valence-electron chi connectivity index (χ1n) is 6.03. The van der Waals surface area contributed by atoms with Crippen LogP contribution in [0.1, 0.15) is 18.4 Å². The maximum Gasteiger partial charge on any atom is 0.158 e. The summed E-state index contributed by atoms with van der Waals surface area (Å²) in [5, 5.41) is 4.39. The van der Waals surface area contributed by atoms with Crippen LogP contribution in [-0.4, -0.2) is 39.8 Å². The van der Waals surface area contributed by atoms with Gasteiger partial charge in [0.15, 0.2) is 5.65 Å². The number of aryl methyl sites for hydroxylation is 3. The Hall–Kier alpha value is -1.08. The lowest BCUT2D eigenvalue weighted by molar-refractivity contribution is 0.590. The van der Waals surface area contributed by atoms with Crippen LogP contribution in [0.3, 0.4) is 0 Å². The molecule has 0 aliphatic heterocycles. The minimum Gasteiger partial charge on any atom is -0.311 e. The Kier molecular flexibility index (Phi) is 3.87. The summed E-state index contributed by atoms with van der Waals surface area (Å²) >= 11 is 5.90. The Morgan fingerprint density at radius 3 is 2.58 bits per heavy atom. The van der Waals surface area contributed by atoms with Crippen LogP contribution in [0.25, 0.3) is 11.2 Å². The summed E-state index contributed by atoms with van der Waals surface area (Å²) in [7, 11) is -3.03. The van der Waals surface area contributed by atoms with E-state index in [0.717, 1.165) is 16.9 Å². The summed E-state index contributed by atoms with van der Waals surface area (Å²) in [4.78, 5) is 4.45. The topological polar surface area (TPSA) is 69.8 Å². The van der Waals surface area contributed by atoms with Crippen molar-refractivity contribution < 1.29 is 8.42 Å². The third-order valence-electron chi connectivity index (χ3n) is 2.98. The van der Waals surface area contributed by atoms with Crippen molar-refractivity contribution in [1.82, 2.24) is 19.3 Å². The number of imidazole rings is 1. The third-order valence-corrected chi connectivity index (χ3v) is 4.15. The van der Waals surface area contributed by atoms with Crippen LogP contribution in [0.2, 0.25) is 0 Å². The van der Waals surface area contributed by atoms with E-state index in [1.54, 1.807) is 0 Å². The molecule has 6 nitrogen and oxygen atoms in total. The molecular weight excluding hydrogens is 288 g/mol. The van der Waals surface area contributed by atoms with E-state index in [2.05, 4.69) is 10.1 Å². The monoisotopic (exact) mass is 304 g/mol. The maximum absolute atomic E-state index is 11.3. The van der Waals surface area contributed by atoms with Crippen LogP contribution in [0.15, 0.2) is 0 Å². The molecular formula is C11H17ClN4O2S. The first-order chi connectivity index (χ1) is 8.87. The van der Waals surface area contributed by atoms with Gasteiger partial charge in [0.2, 0.25) is 0 Å². The van der Waals surface area contributed by atoms with Crippen molar-refractivity contribution in [2.75, 3.05) is 12.0 Å². The summed E-state index contributed by atoms with van der Waals surface area (Å²) in [6, 6.07) is 0. The molecule has 2 rings (SSSR count). The molecule has 0 aromatic carbocycles. The Labute approximate surface area is 117 Å². The van der Waals surface area contributed by atoms with Crippen molar-refractivity contribution in [3.05, 3.63) is 11.5 Å². The summed E-state index contributed by atoms with van der Waals surface area (Å²) < 4.78 is 26.3. The van der Waals surface area contributed by atoms with Gasteiger partial charge >= 0.3 is 0 Å². The van der Waals surface area contributed by atoms with Gasteiger partial charge < -0.3 is 4.57 Å². The average molecular weight is 305 g/mol. The number of hydrogen-bond donors (Lipinski definition) is 0. The molecule has 106 valence electrons. The first-order valence-corrected chi connectivity index (χ1v) is 8.63. The van der Waals surface area contributed by atoms with E-state index in [0.29, 0.717) is 18.9 Å². The zero-order valence-electron chi connectivity index (χ0n) is 11.2. The molecule has 0 aliphatic rings. The molecule has 2 aromatic heterocycles. The Morgan fingerprint density at radius 2 is 2.05 bits per heavy atom. The minimum absolute atomic E-state index is 0.0658. The highest BCUT2D eigenvalue weighted by atomic mass is 35.5. The second kappa shape index (κ2) is 5.13. The van der Waals surface area contributed by atoms with Crippen LogP contribution in [0, 0.1) is 6.92 Å². The fourth-order valence-corrected chi connectivity index (χ4v) is 2.80. The molecule has 0 atom stereocenters. The van der Waals surface area contributed by atoms with Gasteiger partial charge in [0.25, 0.3) is 0 Å². The maximum atomic E-state index is 11.3. The second-order valence-corrected chi connectivity index (χ2v) is 7.04. The molecule has 0 amide bonds. The van der Waals surface area contributed by atoms with Gasteiger partial charge in [-0.2, -0.15) is 5.10 Å². The minimum atomic E-state index is -3.03. The van der Waals surface area contributed by atoms with Gasteiger partial charge in [0.05, 0.1) is 17.3 Å². The fraction of sp³-hybridized carbons (Fsp3) is 0.636. The molecule has 0 spiro atoms. The van der Waals surface area contributed by atoms with Crippen molar-refractivity contribution in [3.63, 3.8) is 0 Å². The number of sulfone groups is 1. The largest absolute Gasteiger partial charge is 0.311 e. The summed E-state index contributed by atoms with van der Waals surface area (Å²) in [5.74, 6) is 1.00. The molecule has 2 heterocycles. The molecule has 0 fully saturated rings. The van der Waals surface area contributed by atoms with Gasteiger partial charge in [0.1, 0.15) is 21.2 Å². The van der Waals surface area contributed by atoms with Gasteiger partial charge in [-0.05, 0) is 13.8 Å². The normalized spacial score (nSPS) is 12.4. The number of aromatic nitrogens is 4. The molecule has 0 aliphatic carbocycles. The predicted octanol–water partition coefficient (Wildman–Crippen LogP) is 1.34. The molecule has 0 saturated carbocycles. The highest BCUT2D eigenvalue weighted by molar-refractivity contribution is 7.90.